The van der Waals surface area contributed by atoms with Gasteiger partial charge in [-0.25, -0.2) is 0 Å². The van der Waals surface area contributed by atoms with Crippen molar-refractivity contribution in [2.75, 3.05) is 24.3 Å². The Balaban J connectivity index is 1.91. The molecule has 0 amide bonds. The highest BCUT2D eigenvalue weighted by molar-refractivity contribution is 8.06. The first-order chi connectivity index (χ1) is 9.38. The van der Waals surface area contributed by atoms with Crippen LogP contribution in [0.3, 0.4) is 0 Å². The van der Waals surface area contributed by atoms with Crippen LogP contribution in [0.4, 0.5) is 0 Å². The molecule has 19 heavy (non-hydrogen) atoms. The third kappa shape index (κ3) is 2.91. The standard InChI is InChI=1S/C15H18N2S2/c1-16-15(14-10-18-7-8-19-14)12-5-4-11-3-2-6-17-13(11)9-12/h2-6,9,14-16H,7-8,10H2,1H3. The minimum absolute atomic E-state index is 0.421. The Labute approximate surface area is 122 Å². The highest BCUT2D eigenvalue weighted by atomic mass is 32.2. The maximum Gasteiger partial charge on any atom is 0.0705 e. The molecule has 2 heterocycles. The summed E-state index contributed by atoms with van der Waals surface area (Å²) in [5, 5.41) is 5.36. The van der Waals surface area contributed by atoms with Crippen molar-refractivity contribution < 1.29 is 0 Å². The normalized spacial score (nSPS) is 21.4. The van der Waals surface area contributed by atoms with E-state index in [-0.39, 0.29) is 0 Å². The summed E-state index contributed by atoms with van der Waals surface area (Å²) in [5.41, 5.74) is 2.45. The Morgan fingerprint density at radius 3 is 3.05 bits per heavy atom. The summed E-state index contributed by atoms with van der Waals surface area (Å²) < 4.78 is 0. The number of nitrogens with one attached hydrogen (secondary N) is 1. The van der Waals surface area contributed by atoms with Gasteiger partial charge >= 0.3 is 0 Å². The highest BCUT2D eigenvalue weighted by Gasteiger charge is 2.24. The molecule has 2 atom stereocenters. The van der Waals surface area contributed by atoms with Crippen LogP contribution in [0.15, 0.2) is 36.5 Å². The van der Waals surface area contributed by atoms with Crippen molar-refractivity contribution in [1.29, 1.82) is 0 Å². The van der Waals surface area contributed by atoms with Crippen LogP contribution < -0.4 is 5.32 Å². The number of nitrogens with zero attached hydrogens (tertiary/aromatic N) is 1. The van der Waals surface area contributed by atoms with Gasteiger partial charge in [0, 0.05) is 40.1 Å². The molecule has 100 valence electrons. The summed E-state index contributed by atoms with van der Waals surface area (Å²) in [6.45, 7) is 0. The predicted octanol–water partition coefficient (Wildman–Crippen LogP) is 3.34. The van der Waals surface area contributed by atoms with Gasteiger partial charge in [0.1, 0.15) is 0 Å². The molecule has 1 saturated heterocycles. The number of pyridine rings is 1. The van der Waals surface area contributed by atoms with Crippen LogP contribution >= 0.6 is 23.5 Å². The monoisotopic (exact) mass is 290 g/mol. The molecule has 1 aliphatic heterocycles. The zero-order valence-corrected chi connectivity index (χ0v) is 12.6. The fourth-order valence-electron chi connectivity index (χ4n) is 2.54. The molecule has 2 nitrogen and oxygen atoms in total. The summed E-state index contributed by atoms with van der Waals surface area (Å²) in [6.07, 6.45) is 1.87. The number of fused-ring (bicyclic) bond motifs is 1. The van der Waals surface area contributed by atoms with Crippen molar-refractivity contribution in [3.8, 4) is 0 Å². The van der Waals surface area contributed by atoms with Crippen LogP contribution in [0.1, 0.15) is 11.6 Å². The van der Waals surface area contributed by atoms with Crippen molar-refractivity contribution in [2.45, 2.75) is 11.3 Å². The second-order valence-electron chi connectivity index (χ2n) is 4.71. The minimum Gasteiger partial charge on any atom is -0.312 e. The zero-order valence-electron chi connectivity index (χ0n) is 11.0. The van der Waals surface area contributed by atoms with Crippen molar-refractivity contribution in [2.24, 2.45) is 0 Å². The molecule has 1 aliphatic rings. The van der Waals surface area contributed by atoms with Gasteiger partial charge in [-0.2, -0.15) is 23.5 Å². The molecule has 0 radical (unpaired) electrons. The van der Waals surface area contributed by atoms with Gasteiger partial charge in [0.15, 0.2) is 0 Å². The van der Waals surface area contributed by atoms with E-state index in [2.05, 4.69) is 65.1 Å². The van der Waals surface area contributed by atoms with Crippen LogP contribution in [0.25, 0.3) is 10.9 Å². The van der Waals surface area contributed by atoms with Gasteiger partial charge in [-0.1, -0.05) is 18.2 Å². The fraction of sp³-hybridized carbons (Fsp3) is 0.400. The summed E-state index contributed by atoms with van der Waals surface area (Å²) in [5.74, 6) is 3.78. The molecule has 0 spiro atoms. The van der Waals surface area contributed by atoms with Crippen LogP contribution in [0.5, 0.6) is 0 Å². The van der Waals surface area contributed by atoms with E-state index in [1.165, 1.54) is 28.2 Å². The number of hydrogen-bond acceptors (Lipinski definition) is 4. The molecule has 1 N–H and O–H groups in total. The fourth-order valence-corrected chi connectivity index (χ4v) is 5.45. The highest BCUT2D eigenvalue weighted by Crippen LogP contribution is 2.34. The summed E-state index contributed by atoms with van der Waals surface area (Å²) in [6, 6.07) is 11.2. The van der Waals surface area contributed by atoms with Crippen LogP contribution in [0.2, 0.25) is 0 Å². The van der Waals surface area contributed by atoms with E-state index < -0.39 is 0 Å². The average Bonchev–Trinajstić information content (AvgIpc) is 2.49. The molecule has 1 aromatic heterocycles. The van der Waals surface area contributed by atoms with E-state index in [1.54, 1.807) is 0 Å². The Bertz CT molecular complexity index is 553. The van der Waals surface area contributed by atoms with Crippen LogP contribution in [-0.2, 0) is 0 Å². The molecular formula is C15H18N2S2. The van der Waals surface area contributed by atoms with E-state index in [0.717, 1.165) is 5.52 Å². The Kier molecular flexibility index (Phi) is 4.31. The first-order valence-electron chi connectivity index (χ1n) is 6.60. The molecule has 4 heteroatoms. The third-order valence-corrected chi connectivity index (χ3v) is 6.38. The lowest BCUT2D eigenvalue weighted by molar-refractivity contribution is 0.593. The van der Waals surface area contributed by atoms with E-state index in [9.17, 15) is 0 Å². The third-order valence-electron chi connectivity index (χ3n) is 3.51. The smallest absolute Gasteiger partial charge is 0.0705 e. The molecule has 0 bridgehead atoms. The molecule has 2 aromatic rings. The Morgan fingerprint density at radius 2 is 2.26 bits per heavy atom. The maximum absolute atomic E-state index is 4.46. The molecule has 1 fully saturated rings. The number of thioether (sulfide) groups is 2. The second-order valence-corrected chi connectivity index (χ2v) is 7.20. The first kappa shape index (κ1) is 13.3. The van der Waals surface area contributed by atoms with E-state index >= 15 is 0 Å². The van der Waals surface area contributed by atoms with Crippen molar-refractivity contribution >= 4 is 34.4 Å². The number of benzene rings is 1. The van der Waals surface area contributed by atoms with Crippen LogP contribution in [-0.4, -0.2) is 34.5 Å². The summed E-state index contributed by atoms with van der Waals surface area (Å²) >= 11 is 4.16. The predicted molar refractivity (Wildman–Crippen MR) is 87.1 cm³/mol. The second kappa shape index (κ2) is 6.16. The lowest BCUT2D eigenvalue weighted by Gasteiger charge is -2.29. The van der Waals surface area contributed by atoms with Gasteiger partial charge in [0.05, 0.1) is 5.52 Å². The minimum atomic E-state index is 0.421. The number of hydrogen-bond donors (Lipinski definition) is 1. The molecule has 0 saturated carbocycles. The van der Waals surface area contributed by atoms with Crippen molar-refractivity contribution in [3.05, 3.63) is 42.1 Å². The van der Waals surface area contributed by atoms with Gasteiger partial charge in [-0.15, -0.1) is 0 Å². The Hall–Kier alpha value is -0.710. The quantitative estimate of drug-likeness (QED) is 0.937. The Morgan fingerprint density at radius 1 is 1.32 bits per heavy atom. The average molecular weight is 290 g/mol. The maximum atomic E-state index is 4.46. The first-order valence-corrected chi connectivity index (χ1v) is 8.80. The van der Waals surface area contributed by atoms with Gasteiger partial charge < -0.3 is 5.32 Å². The van der Waals surface area contributed by atoms with Gasteiger partial charge in [-0.05, 0) is 24.7 Å². The topological polar surface area (TPSA) is 24.9 Å². The molecule has 1 aromatic carbocycles. The van der Waals surface area contributed by atoms with Crippen molar-refractivity contribution in [1.82, 2.24) is 10.3 Å². The van der Waals surface area contributed by atoms with Gasteiger partial charge in [0.25, 0.3) is 0 Å². The lowest BCUT2D eigenvalue weighted by atomic mass is 10.0. The van der Waals surface area contributed by atoms with E-state index in [1.807, 2.05) is 12.3 Å². The number of rotatable bonds is 3. The summed E-state index contributed by atoms with van der Waals surface area (Å²) in [7, 11) is 2.06. The summed E-state index contributed by atoms with van der Waals surface area (Å²) in [4.78, 5) is 4.46. The van der Waals surface area contributed by atoms with Crippen LogP contribution in [0, 0.1) is 0 Å². The van der Waals surface area contributed by atoms with Crippen molar-refractivity contribution in [3.63, 3.8) is 0 Å². The van der Waals surface area contributed by atoms with E-state index in [4.69, 9.17) is 0 Å². The molecular weight excluding hydrogens is 272 g/mol. The van der Waals surface area contributed by atoms with E-state index in [0.29, 0.717) is 11.3 Å². The largest absolute Gasteiger partial charge is 0.312 e. The van der Waals surface area contributed by atoms with Gasteiger partial charge in [0.2, 0.25) is 0 Å². The lowest BCUT2D eigenvalue weighted by Crippen LogP contribution is -2.31. The zero-order chi connectivity index (χ0) is 13.1. The molecule has 2 unspecified atom stereocenters. The SMILES string of the molecule is CNC(c1ccc2cccnc2c1)C1CSCCS1. The number of aromatic nitrogens is 1. The van der Waals surface area contributed by atoms with Gasteiger partial charge in [-0.3, -0.25) is 4.98 Å². The molecule has 0 aliphatic carbocycles. The molecule has 3 rings (SSSR count).